The monoisotopic (exact) mass is 251 g/mol. The zero-order valence-electron chi connectivity index (χ0n) is 10.8. The second kappa shape index (κ2) is 4.81. The smallest absolute Gasteiger partial charge is 0.261 e. The Morgan fingerprint density at radius 1 is 1.47 bits per heavy atom. The number of carbonyl (C=O) groups excluding carboxylic acids is 1. The van der Waals surface area contributed by atoms with Gasteiger partial charge in [0.15, 0.2) is 0 Å². The van der Waals surface area contributed by atoms with Crippen molar-refractivity contribution in [3.8, 4) is 0 Å². The maximum atomic E-state index is 12.0. The third-order valence-electron chi connectivity index (χ3n) is 3.47. The molecule has 1 amide bonds. The van der Waals surface area contributed by atoms with E-state index in [1.54, 1.807) is 0 Å². The van der Waals surface area contributed by atoms with Gasteiger partial charge in [0.05, 0.1) is 4.88 Å². The van der Waals surface area contributed by atoms with E-state index in [4.69, 9.17) is 0 Å². The highest BCUT2D eigenvalue weighted by Gasteiger charge is 2.32. The second-order valence-electron chi connectivity index (χ2n) is 6.06. The maximum absolute atomic E-state index is 12.0. The van der Waals surface area contributed by atoms with Gasteiger partial charge in [0, 0.05) is 6.04 Å². The van der Waals surface area contributed by atoms with Gasteiger partial charge in [-0.2, -0.15) is 0 Å². The topological polar surface area (TPSA) is 29.1 Å². The molecule has 0 spiro atoms. The van der Waals surface area contributed by atoms with Crippen LogP contribution in [0.2, 0.25) is 0 Å². The minimum Gasteiger partial charge on any atom is -0.349 e. The summed E-state index contributed by atoms with van der Waals surface area (Å²) in [7, 11) is 0. The number of hydrogen-bond acceptors (Lipinski definition) is 2. The molecule has 1 aromatic heterocycles. The summed E-state index contributed by atoms with van der Waals surface area (Å²) in [6.07, 6.45) is 3.47. The van der Waals surface area contributed by atoms with Crippen LogP contribution in [-0.2, 0) is 0 Å². The van der Waals surface area contributed by atoms with Crippen LogP contribution in [0.1, 0.15) is 49.7 Å². The van der Waals surface area contributed by atoms with Crippen molar-refractivity contribution in [2.45, 2.75) is 46.1 Å². The van der Waals surface area contributed by atoms with Gasteiger partial charge in [0.2, 0.25) is 0 Å². The van der Waals surface area contributed by atoms with Crippen molar-refractivity contribution in [1.29, 1.82) is 0 Å². The Bertz CT molecular complexity index is 383. The molecule has 0 saturated heterocycles. The van der Waals surface area contributed by atoms with E-state index in [1.165, 1.54) is 17.8 Å². The van der Waals surface area contributed by atoms with Crippen LogP contribution in [-0.4, -0.2) is 11.9 Å². The molecule has 17 heavy (non-hydrogen) atoms. The Balaban J connectivity index is 1.97. The van der Waals surface area contributed by atoms with Gasteiger partial charge in [-0.1, -0.05) is 26.8 Å². The highest BCUT2D eigenvalue weighted by atomic mass is 32.1. The van der Waals surface area contributed by atoms with E-state index in [9.17, 15) is 4.79 Å². The van der Waals surface area contributed by atoms with Crippen LogP contribution in [0.3, 0.4) is 0 Å². The average Bonchev–Trinajstić information content (AvgIpc) is 2.65. The Labute approximate surface area is 107 Å². The quantitative estimate of drug-likeness (QED) is 0.853. The second-order valence-corrected chi connectivity index (χ2v) is 7.01. The first-order valence-corrected chi connectivity index (χ1v) is 7.19. The van der Waals surface area contributed by atoms with Gasteiger partial charge in [0.1, 0.15) is 0 Å². The van der Waals surface area contributed by atoms with Crippen LogP contribution in [0.25, 0.3) is 0 Å². The van der Waals surface area contributed by atoms with Gasteiger partial charge >= 0.3 is 0 Å². The zero-order chi connectivity index (χ0) is 12.5. The highest BCUT2D eigenvalue weighted by molar-refractivity contribution is 7.12. The van der Waals surface area contributed by atoms with E-state index in [0.29, 0.717) is 17.4 Å². The van der Waals surface area contributed by atoms with E-state index >= 15 is 0 Å². The van der Waals surface area contributed by atoms with Crippen molar-refractivity contribution in [3.05, 3.63) is 22.4 Å². The van der Waals surface area contributed by atoms with Gasteiger partial charge in [0.25, 0.3) is 5.91 Å². The summed E-state index contributed by atoms with van der Waals surface area (Å²) in [6.45, 7) is 6.88. The number of carbonyl (C=O) groups is 1. The number of hydrogen-bond donors (Lipinski definition) is 1. The predicted molar refractivity (Wildman–Crippen MR) is 72.4 cm³/mol. The number of rotatable bonds is 2. The summed E-state index contributed by atoms with van der Waals surface area (Å²) in [4.78, 5) is 12.8. The molecule has 2 rings (SSSR count). The molecule has 0 aliphatic heterocycles. The molecule has 3 heteroatoms. The van der Waals surface area contributed by atoms with Crippen LogP contribution in [0.4, 0.5) is 0 Å². The van der Waals surface area contributed by atoms with E-state index in [2.05, 4.69) is 26.1 Å². The molecule has 0 aromatic carbocycles. The zero-order valence-corrected chi connectivity index (χ0v) is 11.6. The van der Waals surface area contributed by atoms with Gasteiger partial charge in [-0.3, -0.25) is 4.79 Å². The lowest BCUT2D eigenvalue weighted by molar-refractivity contribution is 0.0878. The average molecular weight is 251 g/mol. The minimum atomic E-state index is 0.0925. The normalized spacial score (nSPS) is 27.7. The molecule has 0 radical (unpaired) electrons. The number of amides is 1. The highest BCUT2D eigenvalue weighted by Crippen LogP contribution is 2.38. The fourth-order valence-electron chi connectivity index (χ4n) is 3.12. The van der Waals surface area contributed by atoms with Crippen molar-refractivity contribution in [3.63, 3.8) is 0 Å². The number of thiophene rings is 1. The van der Waals surface area contributed by atoms with Crippen molar-refractivity contribution in [2.24, 2.45) is 11.3 Å². The molecule has 1 N–H and O–H groups in total. The Kier molecular flexibility index (Phi) is 3.57. The molecule has 2 atom stereocenters. The molecule has 0 unspecified atom stereocenters. The molecule has 1 aromatic rings. The first kappa shape index (κ1) is 12.6. The summed E-state index contributed by atoms with van der Waals surface area (Å²) in [6, 6.07) is 4.15. The van der Waals surface area contributed by atoms with Gasteiger partial charge < -0.3 is 5.32 Å². The summed E-state index contributed by atoms with van der Waals surface area (Å²) in [5.41, 5.74) is 0.352. The molecule has 1 aliphatic carbocycles. The van der Waals surface area contributed by atoms with Gasteiger partial charge in [-0.05, 0) is 42.0 Å². The van der Waals surface area contributed by atoms with E-state index < -0.39 is 0 Å². The van der Waals surface area contributed by atoms with E-state index in [-0.39, 0.29) is 5.91 Å². The van der Waals surface area contributed by atoms with Crippen LogP contribution in [0.5, 0.6) is 0 Å². The standard InChI is InChI=1S/C14H21NOS/c1-10-7-11(9-14(2,3)8-10)15-13(16)12-5-4-6-17-12/h4-6,10-11H,7-9H2,1-3H3,(H,15,16)/t10-,11+/m1/s1. The lowest BCUT2D eigenvalue weighted by Gasteiger charge is -2.39. The molecular formula is C14H21NOS. The van der Waals surface area contributed by atoms with Crippen molar-refractivity contribution in [2.75, 3.05) is 0 Å². The molecule has 0 bridgehead atoms. The molecule has 2 nitrogen and oxygen atoms in total. The van der Waals surface area contributed by atoms with E-state index in [1.807, 2.05) is 17.5 Å². The van der Waals surface area contributed by atoms with Crippen LogP contribution in [0.15, 0.2) is 17.5 Å². The molecular weight excluding hydrogens is 230 g/mol. The predicted octanol–water partition coefficient (Wildman–Crippen LogP) is 3.69. The largest absolute Gasteiger partial charge is 0.349 e. The SMILES string of the molecule is C[C@@H]1C[C@H](NC(=O)c2cccs2)CC(C)(C)C1. The molecule has 1 aliphatic rings. The van der Waals surface area contributed by atoms with E-state index in [0.717, 1.165) is 17.7 Å². The summed E-state index contributed by atoms with van der Waals surface area (Å²) in [5.74, 6) is 0.794. The van der Waals surface area contributed by atoms with Gasteiger partial charge in [-0.15, -0.1) is 11.3 Å². The van der Waals surface area contributed by atoms with Crippen LogP contribution >= 0.6 is 11.3 Å². The fourth-order valence-corrected chi connectivity index (χ4v) is 3.75. The first-order valence-electron chi connectivity index (χ1n) is 6.31. The third kappa shape index (κ3) is 3.32. The summed E-state index contributed by atoms with van der Waals surface area (Å²) >= 11 is 1.51. The molecule has 1 saturated carbocycles. The summed E-state index contributed by atoms with van der Waals surface area (Å²) < 4.78 is 0. The molecule has 94 valence electrons. The minimum absolute atomic E-state index is 0.0925. The maximum Gasteiger partial charge on any atom is 0.261 e. The third-order valence-corrected chi connectivity index (χ3v) is 4.34. The first-order chi connectivity index (χ1) is 7.96. The number of nitrogens with one attached hydrogen (secondary N) is 1. The summed E-state index contributed by atoms with van der Waals surface area (Å²) in [5, 5.41) is 5.13. The fraction of sp³-hybridized carbons (Fsp3) is 0.643. The lowest BCUT2D eigenvalue weighted by atomic mass is 9.70. The van der Waals surface area contributed by atoms with Gasteiger partial charge in [-0.25, -0.2) is 0 Å². The van der Waals surface area contributed by atoms with Crippen molar-refractivity contribution >= 4 is 17.2 Å². The Morgan fingerprint density at radius 2 is 2.24 bits per heavy atom. The van der Waals surface area contributed by atoms with Crippen molar-refractivity contribution < 1.29 is 4.79 Å². The van der Waals surface area contributed by atoms with Crippen LogP contribution < -0.4 is 5.32 Å². The van der Waals surface area contributed by atoms with Crippen molar-refractivity contribution in [1.82, 2.24) is 5.32 Å². The Morgan fingerprint density at radius 3 is 2.82 bits per heavy atom. The lowest BCUT2D eigenvalue weighted by Crippen LogP contribution is -2.42. The Hall–Kier alpha value is -0.830. The molecule has 1 heterocycles. The van der Waals surface area contributed by atoms with Crippen LogP contribution in [0, 0.1) is 11.3 Å². The molecule has 1 fully saturated rings.